The van der Waals surface area contributed by atoms with Gasteiger partial charge in [-0.05, 0) is 42.3 Å². The number of hydroxylamine groups is 1. The zero-order valence-corrected chi connectivity index (χ0v) is 15.7. The number of amides is 3. The van der Waals surface area contributed by atoms with Crippen LogP contribution >= 0.6 is 0 Å². The number of benzene rings is 2. The summed E-state index contributed by atoms with van der Waals surface area (Å²) >= 11 is 0. The molecule has 1 heterocycles. The Balaban J connectivity index is 1.69. The van der Waals surface area contributed by atoms with E-state index in [9.17, 15) is 9.59 Å². The van der Waals surface area contributed by atoms with Gasteiger partial charge in [-0.1, -0.05) is 42.5 Å². The first kappa shape index (κ1) is 18.4. The Bertz CT molecular complexity index is 1090. The van der Waals surface area contributed by atoms with Crippen molar-refractivity contribution in [2.45, 2.75) is 12.3 Å². The molecule has 29 heavy (non-hydrogen) atoms. The molecular formula is C22H20N4O3. The van der Waals surface area contributed by atoms with E-state index in [4.69, 9.17) is 10.6 Å². The van der Waals surface area contributed by atoms with E-state index in [1.807, 2.05) is 25.1 Å². The van der Waals surface area contributed by atoms with Crippen molar-refractivity contribution in [3.8, 4) is 0 Å². The topological polar surface area (TPSA) is 105 Å². The fraction of sp³-hybridized carbons (Fsp3) is 0.0909. The first-order valence-electron chi connectivity index (χ1n) is 9.08. The maximum absolute atomic E-state index is 12.7. The Morgan fingerprint density at radius 2 is 1.93 bits per heavy atom. The van der Waals surface area contributed by atoms with Crippen LogP contribution < -0.4 is 21.8 Å². The van der Waals surface area contributed by atoms with Gasteiger partial charge in [0.1, 0.15) is 5.41 Å². The molecule has 7 heteroatoms. The standard InChI is InChI=1S/C22H20N4O3/c1-14-6-4-7-15(12-14)25-21(28)26-18-9-3-2-8-16(18)22(20(23)27)11-5-10-19-17(22)13-24-29-19/h2-13,24H,1H3,(H2,23,27)(H2,25,26,28). The molecule has 0 spiro atoms. The van der Waals surface area contributed by atoms with Crippen LogP contribution in [0.4, 0.5) is 16.2 Å². The van der Waals surface area contributed by atoms with Crippen molar-refractivity contribution in [1.82, 2.24) is 5.48 Å². The van der Waals surface area contributed by atoms with Crippen molar-refractivity contribution in [2.24, 2.45) is 5.73 Å². The molecular weight excluding hydrogens is 368 g/mol. The van der Waals surface area contributed by atoms with Crippen LogP contribution in [0.2, 0.25) is 0 Å². The van der Waals surface area contributed by atoms with Gasteiger partial charge in [0.2, 0.25) is 5.91 Å². The molecule has 0 saturated carbocycles. The summed E-state index contributed by atoms with van der Waals surface area (Å²) in [4.78, 5) is 30.6. The predicted octanol–water partition coefficient (Wildman–Crippen LogP) is 3.23. The molecule has 1 aliphatic carbocycles. The Labute approximate surface area is 167 Å². The maximum atomic E-state index is 12.7. The third-order valence-corrected chi connectivity index (χ3v) is 4.92. The lowest BCUT2D eigenvalue weighted by Crippen LogP contribution is -2.43. The van der Waals surface area contributed by atoms with Crippen molar-refractivity contribution >= 4 is 23.3 Å². The van der Waals surface area contributed by atoms with Crippen molar-refractivity contribution in [2.75, 3.05) is 10.6 Å². The molecule has 4 rings (SSSR count). The van der Waals surface area contributed by atoms with Crippen LogP contribution in [-0.2, 0) is 15.0 Å². The van der Waals surface area contributed by atoms with Gasteiger partial charge in [0.25, 0.3) is 0 Å². The Morgan fingerprint density at radius 3 is 2.72 bits per heavy atom. The fourth-order valence-corrected chi connectivity index (χ4v) is 3.61. The highest BCUT2D eigenvalue weighted by Crippen LogP contribution is 2.44. The lowest BCUT2D eigenvalue weighted by Gasteiger charge is -2.32. The van der Waals surface area contributed by atoms with Gasteiger partial charge in [-0.3, -0.25) is 4.79 Å². The minimum atomic E-state index is -1.28. The van der Waals surface area contributed by atoms with E-state index in [2.05, 4.69) is 16.1 Å². The molecule has 0 saturated heterocycles. The molecule has 0 bridgehead atoms. The number of carbonyl (C=O) groups is 2. The zero-order chi connectivity index (χ0) is 20.4. The largest absolute Gasteiger partial charge is 0.382 e. The summed E-state index contributed by atoms with van der Waals surface area (Å²) in [6.07, 6.45) is 6.77. The molecule has 1 atom stereocenters. The second-order valence-corrected chi connectivity index (χ2v) is 6.83. The molecule has 2 aliphatic rings. The molecule has 0 aromatic heterocycles. The molecule has 2 aromatic rings. The van der Waals surface area contributed by atoms with E-state index in [0.717, 1.165) is 5.56 Å². The number of allylic oxidation sites excluding steroid dienone is 3. The summed E-state index contributed by atoms with van der Waals surface area (Å²) in [5, 5.41) is 5.64. The second-order valence-electron chi connectivity index (χ2n) is 6.83. The van der Waals surface area contributed by atoms with E-state index in [-0.39, 0.29) is 0 Å². The Morgan fingerprint density at radius 1 is 1.10 bits per heavy atom. The summed E-state index contributed by atoms with van der Waals surface area (Å²) < 4.78 is 0. The molecule has 5 N–H and O–H groups in total. The molecule has 146 valence electrons. The Kier molecular flexibility index (Phi) is 4.56. The van der Waals surface area contributed by atoms with Crippen LogP contribution in [0.5, 0.6) is 0 Å². The number of hydrogen-bond donors (Lipinski definition) is 4. The fourth-order valence-electron chi connectivity index (χ4n) is 3.61. The quantitative estimate of drug-likeness (QED) is 0.645. The highest BCUT2D eigenvalue weighted by atomic mass is 16.7. The van der Waals surface area contributed by atoms with Crippen LogP contribution in [0.25, 0.3) is 0 Å². The van der Waals surface area contributed by atoms with Gasteiger partial charge < -0.3 is 21.2 Å². The summed E-state index contributed by atoms with van der Waals surface area (Å²) in [5.41, 5.74) is 10.5. The number of anilines is 2. The predicted molar refractivity (Wildman–Crippen MR) is 111 cm³/mol. The number of nitrogens with two attached hydrogens (primary N) is 1. The van der Waals surface area contributed by atoms with E-state index < -0.39 is 17.4 Å². The normalized spacial score (nSPS) is 19.2. The Hall–Kier alpha value is -4.00. The van der Waals surface area contributed by atoms with Crippen molar-refractivity contribution < 1.29 is 14.4 Å². The van der Waals surface area contributed by atoms with Gasteiger partial charge in [0.05, 0.1) is 0 Å². The third-order valence-electron chi connectivity index (χ3n) is 4.92. The first-order chi connectivity index (χ1) is 14.0. The van der Waals surface area contributed by atoms with Gasteiger partial charge >= 0.3 is 6.03 Å². The number of carbonyl (C=O) groups excluding carboxylic acids is 2. The van der Waals surface area contributed by atoms with Crippen molar-refractivity contribution in [3.63, 3.8) is 0 Å². The number of para-hydroxylation sites is 1. The van der Waals surface area contributed by atoms with Gasteiger partial charge in [0, 0.05) is 23.1 Å². The number of aryl methyl sites for hydroxylation is 1. The van der Waals surface area contributed by atoms with Crippen molar-refractivity contribution in [1.29, 1.82) is 0 Å². The van der Waals surface area contributed by atoms with Crippen LogP contribution in [0, 0.1) is 6.92 Å². The van der Waals surface area contributed by atoms with E-state index in [1.165, 1.54) is 0 Å². The highest BCUT2D eigenvalue weighted by molar-refractivity contribution is 6.03. The summed E-state index contributed by atoms with van der Waals surface area (Å²) in [5.74, 6) is -0.0726. The number of primary amides is 1. The number of hydrogen-bond acceptors (Lipinski definition) is 4. The van der Waals surface area contributed by atoms with E-state index in [1.54, 1.807) is 54.8 Å². The highest BCUT2D eigenvalue weighted by Gasteiger charge is 2.46. The minimum absolute atomic E-state index is 0.423. The summed E-state index contributed by atoms with van der Waals surface area (Å²) in [7, 11) is 0. The summed E-state index contributed by atoms with van der Waals surface area (Å²) in [6.45, 7) is 1.95. The molecule has 3 amide bonds. The first-order valence-corrected chi connectivity index (χ1v) is 9.08. The van der Waals surface area contributed by atoms with Gasteiger partial charge in [-0.2, -0.15) is 0 Å². The lowest BCUT2D eigenvalue weighted by molar-refractivity contribution is -0.120. The van der Waals surface area contributed by atoms with Crippen LogP contribution in [0.15, 0.2) is 84.3 Å². The van der Waals surface area contributed by atoms with Gasteiger partial charge in [-0.25, -0.2) is 10.3 Å². The molecule has 0 fully saturated rings. The van der Waals surface area contributed by atoms with Crippen LogP contribution in [0.3, 0.4) is 0 Å². The molecule has 2 aromatic carbocycles. The van der Waals surface area contributed by atoms with Gasteiger partial charge in [-0.15, -0.1) is 0 Å². The van der Waals surface area contributed by atoms with Crippen LogP contribution in [-0.4, -0.2) is 11.9 Å². The third kappa shape index (κ3) is 3.23. The lowest BCUT2D eigenvalue weighted by atomic mass is 9.70. The molecule has 0 radical (unpaired) electrons. The number of rotatable bonds is 4. The molecule has 1 aliphatic heterocycles. The molecule has 1 unspecified atom stereocenters. The zero-order valence-electron chi connectivity index (χ0n) is 15.7. The average molecular weight is 388 g/mol. The number of fused-ring (bicyclic) bond motifs is 1. The second kappa shape index (κ2) is 7.20. The average Bonchev–Trinajstić information content (AvgIpc) is 3.17. The van der Waals surface area contributed by atoms with Crippen LogP contribution in [0.1, 0.15) is 11.1 Å². The number of urea groups is 1. The molecule has 7 nitrogen and oxygen atoms in total. The van der Waals surface area contributed by atoms with Gasteiger partial charge in [0.15, 0.2) is 5.76 Å². The summed E-state index contributed by atoms with van der Waals surface area (Å²) in [6, 6.07) is 14.1. The van der Waals surface area contributed by atoms with Crippen molar-refractivity contribution in [3.05, 3.63) is 95.4 Å². The monoisotopic (exact) mass is 388 g/mol. The van der Waals surface area contributed by atoms with E-state index >= 15 is 0 Å². The SMILES string of the molecule is Cc1cccc(NC(=O)Nc2ccccc2C2(C(N)=O)C=CC=C3ONC=C32)c1. The maximum Gasteiger partial charge on any atom is 0.323 e. The number of nitrogens with one attached hydrogen (secondary N) is 3. The van der Waals surface area contributed by atoms with E-state index in [0.29, 0.717) is 28.3 Å². The minimum Gasteiger partial charge on any atom is -0.382 e. The smallest absolute Gasteiger partial charge is 0.323 e.